The topological polar surface area (TPSA) is 94.8 Å². The van der Waals surface area contributed by atoms with Gasteiger partial charge in [-0.3, -0.25) is 14.5 Å². The molecule has 1 aliphatic heterocycles. The van der Waals surface area contributed by atoms with Crippen molar-refractivity contribution < 1.29 is 18.7 Å². The van der Waals surface area contributed by atoms with Crippen molar-refractivity contribution in [3.05, 3.63) is 86.7 Å². The largest absolute Gasteiger partial charge is 0.493 e. The molecule has 4 aromatic rings. The second-order valence-electron chi connectivity index (χ2n) is 7.86. The molecule has 34 heavy (non-hydrogen) atoms. The third kappa shape index (κ3) is 3.45. The second kappa shape index (κ2) is 8.42. The molecular weight excluding hydrogens is 454 g/mol. The molecule has 0 fully saturated rings. The molecule has 0 saturated heterocycles. The summed E-state index contributed by atoms with van der Waals surface area (Å²) in [5.74, 6) is 0.552. The van der Waals surface area contributed by atoms with E-state index in [1.807, 2.05) is 13.0 Å². The van der Waals surface area contributed by atoms with E-state index in [9.17, 15) is 9.59 Å². The minimum absolute atomic E-state index is 0.00477. The molecule has 5 rings (SSSR count). The van der Waals surface area contributed by atoms with Gasteiger partial charge in [0.1, 0.15) is 17.2 Å². The molecule has 3 heterocycles. The van der Waals surface area contributed by atoms with Crippen LogP contribution in [-0.4, -0.2) is 29.8 Å². The van der Waals surface area contributed by atoms with Crippen LogP contribution in [-0.2, 0) is 0 Å². The maximum atomic E-state index is 13.7. The van der Waals surface area contributed by atoms with E-state index >= 15 is 0 Å². The number of aromatic nitrogens is 2. The maximum absolute atomic E-state index is 13.7. The summed E-state index contributed by atoms with van der Waals surface area (Å²) in [5, 5.41) is 9.75. The summed E-state index contributed by atoms with van der Waals surface area (Å²) in [5.41, 5.74) is 1.94. The molecule has 9 heteroatoms. The van der Waals surface area contributed by atoms with E-state index < -0.39 is 11.9 Å². The SMILES string of the molecule is C=CCOc1ccc(C2c3c(oc4ccc(C)cc4c3=O)C(=O)N2c2nnc(C)s2)cc1OC. The Balaban J connectivity index is 1.76. The number of aryl methyl sites for hydroxylation is 2. The number of hydrogen-bond acceptors (Lipinski definition) is 8. The van der Waals surface area contributed by atoms with E-state index in [1.165, 1.54) is 23.3 Å². The zero-order chi connectivity index (χ0) is 24.0. The third-order valence-electron chi connectivity index (χ3n) is 5.61. The average molecular weight is 476 g/mol. The lowest BCUT2D eigenvalue weighted by molar-refractivity contribution is 0.0970. The van der Waals surface area contributed by atoms with E-state index in [2.05, 4.69) is 16.8 Å². The van der Waals surface area contributed by atoms with Crippen LogP contribution in [0, 0.1) is 13.8 Å². The van der Waals surface area contributed by atoms with Crippen molar-refractivity contribution in [3.8, 4) is 11.5 Å². The molecule has 8 nitrogen and oxygen atoms in total. The number of amides is 1. The summed E-state index contributed by atoms with van der Waals surface area (Å²) >= 11 is 1.27. The van der Waals surface area contributed by atoms with Crippen LogP contribution in [0.5, 0.6) is 11.5 Å². The van der Waals surface area contributed by atoms with Gasteiger partial charge in [-0.25, -0.2) is 0 Å². The lowest BCUT2D eigenvalue weighted by Crippen LogP contribution is -2.29. The van der Waals surface area contributed by atoms with Gasteiger partial charge in [0.15, 0.2) is 16.9 Å². The van der Waals surface area contributed by atoms with Gasteiger partial charge in [-0.15, -0.1) is 10.2 Å². The van der Waals surface area contributed by atoms with Gasteiger partial charge in [0.2, 0.25) is 10.9 Å². The van der Waals surface area contributed by atoms with Gasteiger partial charge in [0, 0.05) is 0 Å². The Kier molecular flexibility index (Phi) is 5.41. The van der Waals surface area contributed by atoms with E-state index in [0.717, 1.165) is 5.56 Å². The molecule has 1 atom stereocenters. The van der Waals surface area contributed by atoms with E-state index in [0.29, 0.717) is 44.8 Å². The number of carbonyl (C=O) groups excluding carboxylic acids is 1. The highest BCUT2D eigenvalue weighted by molar-refractivity contribution is 7.15. The zero-order valence-corrected chi connectivity index (χ0v) is 19.6. The van der Waals surface area contributed by atoms with Gasteiger partial charge < -0.3 is 13.9 Å². The minimum atomic E-state index is -0.765. The normalized spacial score (nSPS) is 15.0. The number of nitrogens with zero attached hydrogens (tertiary/aromatic N) is 3. The number of benzene rings is 2. The fourth-order valence-electron chi connectivity index (χ4n) is 4.11. The van der Waals surface area contributed by atoms with Gasteiger partial charge in [0.25, 0.3) is 5.91 Å². The van der Waals surface area contributed by atoms with E-state index in [4.69, 9.17) is 13.9 Å². The Morgan fingerprint density at radius 1 is 1.15 bits per heavy atom. The standard InChI is InChI=1S/C25H21N3O5S/c1-5-10-32-18-9-7-15(12-19(18)31-4)21-20-22(29)16-11-13(2)6-8-17(16)33-23(20)24(30)28(21)25-27-26-14(3)34-25/h5-9,11-12,21H,1,10H2,2-4H3. The first-order chi connectivity index (χ1) is 16.4. The van der Waals surface area contributed by atoms with Crippen molar-refractivity contribution in [2.75, 3.05) is 18.6 Å². The van der Waals surface area contributed by atoms with Crippen LogP contribution >= 0.6 is 11.3 Å². The highest BCUT2D eigenvalue weighted by Gasteiger charge is 2.45. The number of methoxy groups -OCH3 is 1. The number of fused-ring (bicyclic) bond motifs is 2. The number of hydrogen-bond donors (Lipinski definition) is 0. The molecule has 1 amide bonds. The summed E-state index contributed by atoms with van der Waals surface area (Å²) in [4.78, 5) is 28.8. The van der Waals surface area contributed by atoms with Gasteiger partial charge in [-0.05, 0) is 43.7 Å². The highest BCUT2D eigenvalue weighted by Crippen LogP contribution is 2.44. The van der Waals surface area contributed by atoms with Crippen LogP contribution in [0.15, 0.2) is 58.3 Å². The van der Waals surface area contributed by atoms with Gasteiger partial charge in [-0.2, -0.15) is 0 Å². The average Bonchev–Trinajstić information content (AvgIpc) is 3.39. The summed E-state index contributed by atoms with van der Waals surface area (Å²) in [6.45, 7) is 7.68. The monoisotopic (exact) mass is 475 g/mol. The minimum Gasteiger partial charge on any atom is -0.493 e. The van der Waals surface area contributed by atoms with Crippen LogP contribution in [0.2, 0.25) is 0 Å². The van der Waals surface area contributed by atoms with Gasteiger partial charge >= 0.3 is 0 Å². The fourth-order valence-corrected chi connectivity index (χ4v) is 4.82. The molecule has 172 valence electrons. The summed E-state index contributed by atoms with van der Waals surface area (Å²) in [6.07, 6.45) is 1.64. The quantitative estimate of drug-likeness (QED) is 0.377. The van der Waals surface area contributed by atoms with Gasteiger partial charge in [0.05, 0.1) is 24.1 Å². The molecule has 0 saturated carbocycles. The summed E-state index contributed by atoms with van der Waals surface area (Å²) in [7, 11) is 1.53. The molecular formula is C25H21N3O5S. The molecule has 0 aliphatic carbocycles. The lowest BCUT2D eigenvalue weighted by atomic mass is 9.98. The van der Waals surface area contributed by atoms with Crippen molar-refractivity contribution >= 4 is 33.3 Å². The highest BCUT2D eigenvalue weighted by atomic mass is 32.1. The predicted octanol–water partition coefficient (Wildman–Crippen LogP) is 4.58. The van der Waals surface area contributed by atoms with Crippen LogP contribution < -0.4 is 19.8 Å². The van der Waals surface area contributed by atoms with Gasteiger partial charge in [-0.1, -0.05) is 41.7 Å². The van der Waals surface area contributed by atoms with Crippen LogP contribution in [0.1, 0.15) is 38.3 Å². The molecule has 0 radical (unpaired) electrons. The molecule has 0 spiro atoms. The molecule has 1 unspecified atom stereocenters. The Labute approximate surface area is 199 Å². The number of rotatable bonds is 6. The Morgan fingerprint density at radius 3 is 2.68 bits per heavy atom. The van der Waals surface area contributed by atoms with Crippen LogP contribution in [0.25, 0.3) is 11.0 Å². The third-order valence-corrected chi connectivity index (χ3v) is 6.45. The zero-order valence-electron chi connectivity index (χ0n) is 18.8. The van der Waals surface area contributed by atoms with Crippen molar-refractivity contribution in [2.45, 2.75) is 19.9 Å². The van der Waals surface area contributed by atoms with Crippen molar-refractivity contribution in [1.29, 1.82) is 0 Å². The van der Waals surface area contributed by atoms with Crippen molar-refractivity contribution in [2.24, 2.45) is 0 Å². The first-order valence-corrected chi connectivity index (χ1v) is 11.4. The second-order valence-corrected chi connectivity index (χ2v) is 9.03. The Hall–Kier alpha value is -3.98. The molecule has 2 aromatic heterocycles. The smallest absolute Gasteiger partial charge is 0.297 e. The van der Waals surface area contributed by atoms with Crippen molar-refractivity contribution in [1.82, 2.24) is 10.2 Å². The first-order valence-electron chi connectivity index (χ1n) is 10.6. The summed E-state index contributed by atoms with van der Waals surface area (Å²) in [6, 6.07) is 9.86. The Bertz CT molecular complexity index is 1510. The van der Waals surface area contributed by atoms with Crippen molar-refractivity contribution in [3.63, 3.8) is 0 Å². The van der Waals surface area contributed by atoms with E-state index in [-0.39, 0.29) is 16.8 Å². The number of ether oxygens (including phenoxy) is 2. The van der Waals surface area contributed by atoms with Crippen LogP contribution in [0.4, 0.5) is 5.13 Å². The maximum Gasteiger partial charge on any atom is 0.297 e. The molecule has 1 aliphatic rings. The van der Waals surface area contributed by atoms with Crippen LogP contribution in [0.3, 0.4) is 0 Å². The summed E-state index contributed by atoms with van der Waals surface area (Å²) < 4.78 is 17.2. The molecule has 2 aromatic carbocycles. The predicted molar refractivity (Wildman–Crippen MR) is 129 cm³/mol. The van der Waals surface area contributed by atoms with E-state index in [1.54, 1.807) is 43.3 Å². The lowest BCUT2D eigenvalue weighted by Gasteiger charge is -2.23. The number of anilines is 1. The Morgan fingerprint density at radius 2 is 1.97 bits per heavy atom. The molecule has 0 N–H and O–H groups in total. The number of carbonyl (C=O) groups is 1. The molecule has 0 bridgehead atoms. The first kappa shape index (κ1) is 21.8. The fraction of sp³-hybridized carbons (Fsp3) is 0.200.